The molecule has 1 heteroatoms. The molecule has 166 valence electrons. The lowest BCUT2D eigenvalue weighted by Crippen LogP contribution is -1.93. The number of hydrogen-bond donors (Lipinski definition) is 0. The van der Waals surface area contributed by atoms with Gasteiger partial charge in [-0.25, -0.2) is 0 Å². The zero-order chi connectivity index (χ0) is 23.5. The molecular formula is C33H29N. The van der Waals surface area contributed by atoms with Gasteiger partial charge in [0.2, 0.25) is 0 Å². The summed E-state index contributed by atoms with van der Waals surface area (Å²) in [7, 11) is 0. The molecule has 1 aromatic heterocycles. The SMILES string of the molecule is Cc1ccc(-n2c3ccccc3c3ccccc32)cc1.Cc1ccccc1-c1ccccc1C. The van der Waals surface area contributed by atoms with E-state index in [0.717, 1.165) is 0 Å². The van der Waals surface area contributed by atoms with Gasteiger partial charge in [-0.3, -0.25) is 0 Å². The molecule has 5 aromatic carbocycles. The molecule has 1 heterocycles. The van der Waals surface area contributed by atoms with Crippen LogP contribution in [0, 0.1) is 20.8 Å². The Balaban J connectivity index is 0.000000152. The van der Waals surface area contributed by atoms with Crippen molar-refractivity contribution in [2.24, 2.45) is 0 Å². The molecule has 0 aliphatic heterocycles. The second-order valence-corrected chi connectivity index (χ2v) is 8.84. The number of rotatable bonds is 2. The Morgan fingerprint density at radius 1 is 0.412 bits per heavy atom. The standard InChI is InChI=1S/C19H15N.C14H14/c1-14-10-12-15(13-11-14)20-18-8-4-2-6-16(18)17-7-3-5-9-19(17)20;1-11-7-3-5-9-13(11)14-10-6-4-8-12(14)2/h2-13H,1H3;3-10H,1-2H3. The molecule has 0 unspecified atom stereocenters. The van der Waals surface area contributed by atoms with Crippen molar-refractivity contribution in [3.05, 3.63) is 138 Å². The van der Waals surface area contributed by atoms with Crippen LogP contribution in [0.4, 0.5) is 0 Å². The fourth-order valence-electron chi connectivity index (χ4n) is 4.64. The summed E-state index contributed by atoms with van der Waals surface area (Å²) in [4.78, 5) is 0. The summed E-state index contributed by atoms with van der Waals surface area (Å²) in [6.45, 7) is 6.43. The minimum atomic E-state index is 1.22. The highest BCUT2D eigenvalue weighted by Gasteiger charge is 2.10. The van der Waals surface area contributed by atoms with Gasteiger partial charge in [0.05, 0.1) is 11.0 Å². The van der Waals surface area contributed by atoms with Crippen LogP contribution in [-0.2, 0) is 0 Å². The second-order valence-electron chi connectivity index (χ2n) is 8.84. The lowest BCUT2D eigenvalue weighted by Gasteiger charge is -2.08. The topological polar surface area (TPSA) is 4.93 Å². The summed E-state index contributed by atoms with van der Waals surface area (Å²) >= 11 is 0. The Morgan fingerprint density at radius 2 is 0.824 bits per heavy atom. The number of benzene rings is 5. The van der Waals surface area contributed by atoms with E-state index in [-0.39, 0.29) is 0 Å². The first-order valence-electron chi connectivity index (χ1n) is 11.8. The van der Waals surface area contributed by atoms with Crippen LogP contribution in [0.2, 0.25) is 0 Å². The number of aromatic nitrogens is 1. The van der Waals surface area contributed by atoms with E-state index in [4.69, 9.17) is 0 Å². The maximum atomic E-state index is 2.34. The second kappa shape index (κ2) is 9.41. The average molecular weight is 440 g/mol. The molecule has 0 radical (unpaired) electrons. The lowest BCUT2D eigenvalue weighted by atomic mass is 9.97. The van der Waals surface area contributed by atoms with Gasteiger partial charge in [0.25, 0.3) is 0 Å². The van der Waals surface area contributed by atoms with Crippen molar-refractivity contribution in [1.29, 1.82) is 0 Å². The quantitative estimate of drug-likeness (QED) is 0.253. The molecular weight excluding hydrogens is 410 g/mol. The molecule has 0 atom stereocenters. The van der Waals surface area contributed by atoms with Crippen molar-refractivity contribution in [1.82, 2.24) is 4.57 Å². The van der Waals surface area contributed by atoms with Crippen molar-refractivity contribution in [2.45, 2.75) is 20.8 Å². The summed E-state index contributed by atoms with van der Waals surface area (Å²) < 4.78 is 2.34. The molecule has 6 rings (SSSR count). The molecule has 1 nitrogen and oxygen atoms in total. The average Bonchev–Trinajstić information content (AvgIpc) is 3.20. The molecule has 0 saturated heterocycles. The third-order valence-corrected chi connectivity index (χ3v) is 6.45. The van der Waals surface area contributed by atoms with E-state index in [9.17, 15) is 0 Å². The van der Waals surface area contributed by atoms with E-state index in [1.807, 2.05) is 0 Å². The lowest BCUT2D eigenvalue weighted by molar-refractivity contribution is 1.17. The molecule has 6 aromatic rings. The van der Waals surface area contributed by atoms with Crippen molar-refractivity contribution in [2.75, 3.05) is 0 Å². The van der Waals surface area contributed by atoms with Gasteiger partial charge in [-0.15, -0.1) is 0 Å². The number of aryl methyl sites for hydroxylation is 3. The first-order valence-corrected chi connectivity index (χ1v) is 11.8. The van der Waals surface area contributed by atoms with E-state index < -0.39 is 0 Å². The molecule has 0 bridgehead atoms. The van der Waals surface area contributed by atoms with Crippen LogP contribution < -0.4 is 0 Å². The highest BCUT2D eigenvalue weighted by molar-refractivity contribution is 6.09. The summed E-state index contributed by atoms with van der Waals surface area (Å²) in [6.07, 6.45) is 0. The smallest absolute Gasteiger partial charge is 0.0541 e. The van der Waals surface area contributed by atoms with Gasteiger partial charge >= 0.3 is 0 Å². The zero-order valence-corrected chi connectivity index (χ0v) is 20.0. The van der Waals surface area contributed by atoms with E-state index in [0.29, 0.717) is 0 Å². The van der Waals surface area contributed by atoms with Crippen LogP contribution in [0.3, 0.4) is 0 Å². The van der Waals surface area contributed by atoms with Crippen LogP contribution in [0.25, 0.3) is 38.6 Å². The number of hydrogen-bond acceptors (Lipinski definition) is 0. The summed E-state index contributed by atoms with van der Waals surface area (Å²) in [5.74, 6) is 0. The first-order chi connectivity index (χ1) is 16.6. The van der Waals surface area contributed by atoms with E-state index in [1.54, 1.807) is 0 Å². The third-order valence-electron chi connectivity index (χ3n) is 6.45. The Labute approximate surface area is 201 Å². The van der Waals surface area contributed by atoms with Gasteiger partial charge in [-0.2, -0.15) is 0 Å². The summed E-state index contributed by atoms with van der Waals surface area (Å²) in [5, 5.41) is 2.62. The van der Waals surface area contributed by atoms with Crippen LogP contribution in [0.5, 0.6) is 0 Å². The normalized spacial score (nSPS) is 10.8. The van der Waals surface area contributed by atoms with E-state index >= 15 is 0 Å². The molecule has 0 aliphatic rings. The van der Waals surface area contributed by atoms with Gasteiger partial charge < -0.3 is 4.57 Å². The molecule has 0 amide bonds. The predicted octanol–water partition coefficient (Wildman–Crippen LogP) is 9.06. The molecule has 0 aliphatic carbocycles. The number of fused-ring (bicyclic) bond motifs is 3. The van der Waals surface area contributed by atoms with Gasteiger partial charge in [0, 0.05) is 16.5 Å². The fourth-order valence-corrected chi connectivity index (χ4v) is 4.64. The number of para-hydroxylation sites is 2. The molecule has 34 heavy (non-hydrogen) atoms. The zero-order valence-electron chi connectivity index (χ0n) is 20.0. The maximum absolute atomic E-state index is 2.34. The van der Waals surface area contributed by atoms with Gasteiger partial charge in [-0.1, -0.05) is 103 Å². The number of nitrogens with zero attached hydrogens (tertiary/aromatic N) is 1. The molecule has 0 N–H and O–H groups in total. The van der Waals surface area contributed by atoms with Gasteiger partial charge in [0.1, 0.15) is 0 Å². The minimum absolute atomic E-state index is 1.22. The van der Waals surface area contributed by atoms with Crippen molar-refractivity contribution in [3.8, 4) is 16.8 Å². The van der Waals surface area contributed by atoms with Crippen LogP contribution in [-0.4, -0.2) is 4.57 Å². The maximum Gasteiger partial charge on any atom is 0.0541 e. The van der Waals surface area contributed by atoms with Gasteiger partial charge in [-0.05, 0) is 67.3 Å². The fraction of sp³-hybridized carbons (Fsp3) is 0.0909. The Morgan fingerprint density at radius 3 is 1.29 bits per heavy atom. The highest BCUT2D eigenvalue weighted by Crippen LogP contribution is 2.31. The predicted molar refractivity (Wildman–Crippen MR) is 147 cm³/mol. The summed E-state index contributed by atoms with van der Waals surface area (Å²) in [6, 6.07) is 42.9. The molecule has 0 spiro atoms. The first kappa shape index (κ1) is 21.7. The van der Waals surface area contributed by atoms with Crippen LogP contribution in [0.15, 0.2) is 121 Å². The highest BCUT2D eigenvalue weighted by atomic mass is 15.0. The van der Waals surface area contributed by atoms with Crippen molar-refractivity contribution >= 4 is 21.8 Å². The Kier molecular flexibility index (Phi) is 6.01. The van der Waals surface area contributed by atoms with Crippen molar-refractivity contribution in [3.63, 3.8) is 0 Å². The van der Waals surface area contributed by atoms with E-state index in [1.165, 1.54) is 55.3 Å². The third kappa shape index (κ3) is 4.13. The Hall–Kier alpha value is -4.10. The molecule has 0 saturated carbocycles. The molecule has 0 fully saturated rings. The monoisotopic (exact) mass is 439 g/mol. The van der Waals surface area contributed by atoms with Gasteiger partial charge in [0.15, 0.2) is 0 Å². The minimum Gasteiger partial charge on any atom is -0.309 e. The van der Waals surface area contributed by atoms with Crippen LogP contribution in [0.1, 0.15) is 16.7 Å². The Bertz CT molecular complexity index is 1470. The van der Waals surface area contributed by atoms with Crippen molar-refractivity contribution < 1.29 is 0 Å². The largest absolute Gasteiger partial charge is 0.309 e. The summed E-state index contributed by atoms with van der Waals surface area (Å²) in [5.41, 5.74) is 10.4. The van der Waals surface area contributed by atoms with Crippen LogP contribution >= 0.6 is 0 Å². The van der Waals surface area contributed by atoms with E-state index in [2.05, 4.69) is 147 Å².